The molecule has 4 rings (SSSR count). The van der Waals surface area contributed by atoms with Gasteiger partial charge in [0.1, 0.15) is 22.9 Å². The molecule has 8 nitrogen and oxygen atoms in total. The Morgan fingerprint density at radius 2 is 1.93 bits per heavy atom. The van der Waals surface area contributed by atoms with Gasteiger partial charge in [-0.05, 0) is 25.5 Å². The summed E-state index contributed by atoms with van der Waals surface area (Å²) in [5.41, 5.74) is -0.241. The Balaban J connectivity index is 1.90. The number of carbonyl (C=O) groups excluding carboxylic acids is 1. The van der Waals surface area contributed by atoms with Crippen LogP contribution in [0.4, 0.5) is 0 Å². The molecule has 0 spiro atoms. The highest BCUT2D eigenvalue weighted by atomic mass is 32.1. The first-order valence-electron chi connectivity index (χ1n) is 8.07. The number of benzene rings is 1. The van der Waals surface area contributed by atoms with Gasteiger partial charge in [-0.15, -0.1) is 11.3 Å². The zero-order chi connectivity index (χ0) is 19.3. The van der Waals surface area contributed by atoms with E-state index in [0.717, 1.165) is 15.1 Å². The third kappa shape index (κ3) is 2.72. The van der Waals surface area contributed by atoms with Crippen LogP contribution in [0.1, 0.15) is 26.8 Å². The van der Waals surface area contributed by atoms with Crippen molar-refractivity contribution in [2.75, 3.05) is 0 Å². The summed E-state index contributed by atoms with van der Waals surface area (Å²) in [6, 6.07) is 6.28. The number of H-pyrrole nitrogens is 1. The van der Waals surface area contributed by atoms with Crippen LogP contribution in [0.25, 0.3) is 21.0 Å². The average Bonchev–Trinajstić information content (AvgIpc) is 2.91. The van der Waals surface area contributed by atoms with Crippen LogP contribution in [0, 0.1) is 13.8 Å². The molecule has 0 unspecified atom stereocenters. The summed E-state index contributed by atoms with van der Waals surface area (Å²) in [4.78, 5) is 45.1. The summed E-state index contributed by atoms with van der Waals surface area (Å²) >= 11 is 1.39. The molecule has 3 heterocycles. The van der Waals surface area contributed by atoms with Gasteiger partial charge in [-0.2, -0.15) is 5.10 Å². The third-order valence-corrected chi connectivity index (χ3v) is 5.55. The van der Waals surface area contributed by atoms with Gasteiger partial charge >= 0.3 is 0 Å². The fourth-order valence-corrected chi connectivity index (χ4v) is 4.06. The van der Waals surface area contributed by atoms with Gasteiger partial charge in [0.25, 0.3) is 11.1 Å². The largest absolute Gasteiger partial charge is 0.543 e. The number of fused-ring (bicyclic) bond motifs is 2. The van der Waals surface area contributed by atoms with Crippen LogP contribution in [0.3, 0.4) is 0 Å². The molecule has 0 atom stereocenters. The quantitative estimate of drug-likeness (QED) is 0.558. The SMILES string of the molecule is Cc1sc2nc(Cn3nc(C(=O)[O-])c4ccccc4c3=O)[nH]c(=O)c2c1C. The van der Waals surface area contributed by atoms with Gasteiger partial charge in [-0.3, -0.25) is 9.59 Å². The maximum Gasteiger partial charge on any atom is 0.275 e. The highest BCUT2D eigenvalue weighted by Gasteiger charge is 2.15. The average molecular weight is 381 g/mol. The summed E-state index contributed by atoms with van der Waals surface area (Å²) in [5.74, 6) is -1.26. The maximum absolute atomic E-state index is 12.7. The number of nitrogens with one attached hydrogen (secondary N) is 1. The van der Waals surface area contributed by atoms with Crippen LogP contribution in [-0.4, -0.2) is 25.7 Å². The van der Waals surface area contributed by atoms with Gasteiger partial charge in [0.2, 0.25) is 0 Å². The van der Waals surface area contributed by atoms with Gasteiger partial charge < -0.3 is 14.9 Å². The topological polar surface area (TPSA) is 121 Å². The van der Waals surface area contributed by atoms with Gasteiger partial charge in [-0.25, -0.2) is 9.67 Å². The van der Waals surface area contributed by atoms with E-state index >= 15 is 0 Å². The molecular weight excluding hydrogens is 368 g/mol. The summed E-state index contributed by atoms with van der Waals surface area (Å²) in [6.07, 6.45) is 0. The molecule has 0 saturated carbocycles. The normalized spacial score (nSPS) is 11.3. The highest BCUT2D eigenvalue weighted by molar-refractivity contribution is 7.18. The van der Waals surface area contributed by atoms with Crippen molar-refractivity contribution in [2.24, 2.45) is 0 Å². The first kappa shape index (κ1) is 17.1. The zero-order valence-corrected chi connectivity index (χ0v) is 15.2. The fourth-order valence-electron chi connectivity index (χ4n) is 3.01. The van der Waals surface area contributed by atoms with Gasteiger partial charge in [0.05, 0.1) is 16.7 Å². The predicted molar refractivity (Wildman–Crippen MR) is 99.2 cm³/mol. The second-order valence-corrected chi connectivity index (χ2v) is 7.32. The van der Waals surface area contributed by atoms with Crippen LogP contribution in [0.2, 0.25) is 0 Å². The smallest absolute Gasteiger partial charge is 0.275 e. The van der Waals surface area contributed by atoms with Crippen molar-refractivity contribution in [1.82, 2.24) is 19.7 Å². The number of aromatic amines is 1. The Labute approximate surface area is 155 Å². The molecule has 0 radical (unpaired) electrons. The van der Waals surface area contributed by atoms with Crippen molar-refractivity contribution >= 4 is 38.3 Å². The molecule has 0 bridgehead atoms. The lowest BCUT2D eigenvalue weighted by Crippen LogP contribution is -2.32. The van der Waals surface area contributed by atoms with Crippen molar-refractivity contribution in [3.8, 4) is 0 Å². The molecule has 0 amide bonds. The van der Waals surface area contributed by atoms with Gasteiger partial charge in [0.15, 0.2) is 0 Å². The number of rotatable bonds is 3. The summed E-state index contributed by atoms with van der Waals surface area (Å²) in [5, 5.41) is 16.3. The molecule has 1 aromatic carbocycles. The number of carboxylic acid groups (broad SMARTS) is 1. The lowest BCUT2D eigenvalue weighted by molar-refractivity contribution is -0.255. The number of aromatic carboxylic acids is 1. The first-order chi connectivity index (χ1) is 12.9. The Morgan fingerprint density at radius 1 is 1.22 bits per heavy atom. The minimum absolute atomic E-state index is 0.162. The van der Waals surface area contributed by atoms with E-state index in [1.165, 1.54) is 23.5 Å². The van der Waals surface area contributed by atoms with E-state index in [9.17, 15) is 19.5 Å². The summed E-state index contributed by atoms with van der Waals surface area (Å²) < 4.78 is 0.977. The molecule has 3 aromatic heterocycles. The van der Waals surface area contributed by atoms with Crippen LogP contribution < -0.4 is 16.2 Å². The number of nitrogens with zero attached hydrogens (tertiary/aromatic N) is 3. The van der Waals surface area contributed by atoms with E-state index in [-0.39, 0.29) is 34.4 Å². The Morgan fingerprint density at radius 3 is 2.63 bits per heavy atom. The number of thiophene rings is 1. The number of hydrogen-bond donors (Lipinski definition) is 1. The van der Waals surface area contributed by atoms with Crippen molar-refractivity contribution in [3.63, 3.8) is 0 Å². The number of hydrogen-bond acceptors (Lipinski definition) is 7. The minimum atomic E-state index is -1.48. The van der Waals surface area contributed by atoms with Crippen LogP contribution >= 0.6 is 11.3 Å². The number of aromatic nitrogens is 4. The Bertz CT molecular complexity index is 1350. The second kappa shape index (κ2) is 6.13. The Hall–Kier alpha value is -3.33. The highest BCUT2D eigenvalue weighted by Crippen LogP contribution is 2.25. The van der Waals surface area contributed by atoms with Gasteiger partial charge in [-0.1, -0.05) is 18.2 Å². The van der Waals surface area contributed by atoms with Gasteiger partial charge in [0, 0.05) is 10.3 Å². The molecule has 0 saturated heterocycles. The lowest BCUT2D eigenvalue weighted by atomic mass is 10.1. The maximum atomic E-state index is 12.7. The van der Waals surface area contributed by atoms with Crippen molar-refractivity contribution in [3.05, 3.63) is 66.9 Å². The summed E-state index contributed by atoms with van der Waals surface area (Å²) in [6.45, 7) is 3.60. The molecule has 0 aliphatic heterocycles. The van der Waals surface area contributed by atoms with Crippen molar-refractivity contribution in [1.29, 1.82) is 0 Å². The van der Waals surface area contributed by atoms with Crippen LogP contribution in [0.15, 0.2) is 33.9 Å². The molecule has 0 aliphatic rings. The third-order valence-electron chi connectivity index (χ3n) is 4.45. The van der Waals surface area contributed by atoms with E-state index in [2.05, 4.69) is 15.1 Å². The van der Waals surface area contributed by atoms with Crippen molar-refractivity contribution < 1.29 is 9.90 Å². The zero-order valence-electron chi connectivity index (χ0n) is 14.4. The van der Waals surface area contributed by atoms with E-state index in [1.54, 1.807) is 12.1 Å². The first-order valence-corrected chi connectivity index (χ1v) is 8.88. The molecule has 27 heavy (non-hydrogen) atoms. The second-order valence-electron chi connectivity index (χ2n) is 6.12. The Kier molecular flexibility index (Phi) is 3.88. The van der Waals surface area contributed by atoms with Crippen molar-refractivity contribution in [2.45, 2.75) is 20.4 Å². The molecule has 0 fully saturated rings. The molecule has 4 aromatic rings. The number of aryl methyl sites for hydroxylation is 2. The lowest BCUT2D eigenvalue weighted by Gasteiger charge is -2.11. The van der Waals surface area contributed by atoms with E-state index in [1.807, 2.05) is 13.8 Å². The predicted octanol–water partition coefficient (Wildman–Crippen LogP) is 0.723. The summed E-state index contributed by atoms with van der Waals surface area (Å²) in [7, 11) is 0. The van der Waals surface area contributed by atoms with E-state index in [0.29, 0.717) is 10.2 Å². The molecular formula is C18H13N4O4S-. The fraction of sp³-hybridized carbons (Fsp3) is 0.167. The standard InChI is InChI=1S/C18H14N4O4S/c1-8-9(2)27-16-13(8)15(23)19-12(20-16)7-22-17(24)11-6-4-3-5-10(11)14(21-22)18(25)26/h3-6H,7H2,1-2H3,(H,25,26)(H,19,20,23)/p-1. The van der Waals surface area contributed by atoms with E-state index < -0.39 is 11.5 Å². The molecule has 0 aliphatic carbocycles. The molecule has 1 N–H and O–H groups in total. The van der Waals surface area contributed by atoms with Crippen LogP contribution in [0.5, 0.6) is 0 Å². The number of carboxylic acids is 1. The number of carbonyl (C=O) groups is 1. The molecule has 9 heteroatoms. The van der Waals surface area contributed by atoms with Crippen LogP contribution in [-0.2, 0) is 6.54 Å². The monoisotopic (exact) mass is 381 g/mol. The van der Waals surface area contributed by atoms with E-state index in [4.69, 9.17) is 0 Å². The minimum Gasteiger partial charge on any atom is -0.543 e. The molecule has 136 valence electrons.